The van der Waals surface area contributed by atoms with E-state index >= 15 is 0 Å². The van der Waals surface area contributed by atoms with Crippen LogP contribution >= 0.6 is 0 Å². The summed E-state index contributed by atoms with van der Waals surface area (Å²) in [6, 6.07) is 5.50. The second kappa shape index (κ2) is 5.64. The molecule has 0 spiro atoms. The van der Waals surface area contributed by atoms with Crippen molar-refractivity contribution < 1.29 is 24.1 Å². The van der Waals surface area contributed by atoms with Gasteiger partial charge in [0.25, 0.3) is 0 Å². The molecule has 1 saturated heterocycles. The van der Waals surface area contributed by atoms with Crippen LogP contribution in [0.5, 0.6) is 5.75 Å². The molecule has 5 nitrogen and oxygen atoms in total. The third kappa shape index (κ3) is 2.84. The Labute approximate surface area is 117 Å². The molecule has 1 aliphatic rings. The Morgan fingerprint density at radius 2 is 2.05 bits per heavy atom. The van der Waals surface area contributed by atoms with Gasteiger partial charge in [0.15, 0.2) is 5.79 Å². The highest BCUT2D eigenvalue weighted by atomic mass is 16.7. The zero-order chi connectivity index (χ0) is 14.8. The van der Waals surface area contributed by atoms with E-state index in [0.29, 0.717) is 30.1 Å². The van der Waals surface area contributed by atoms with Crippen LogP contribution in [-0.2, 0) is 20.1 Å². The molecule has 0 atom stereocenters. The number of rotatable bonds is 4. The molecule has 0 bridgehead atoms. The number of hydrogen-bond acceptors (Lipinski definition) is 4. The van der Waals surface area contributed by atoms with Crippen LogP contribution in [0.1, 0.15) is 25.0 Å². The van der Waals surface area contributed by atoms with Gasteiger partial charge < -0.3 is 19.3 Å². The van der Waals surface area contributed by atoms with Gasteiger partial charge in [-0.15, -0.1) is 0 Å². The molecule has 0 saturated carbocycles. The molecule has 1 aromatic carbocycles. The fourth-order valence-corrected chi connectivity index (χ4v) is 2.24. The van der Waals surface area contributed by atoms with Crippen molar-refractivity contribution >= 4 is 11.5 Å². The lowest BCUT2D eigenvalue weighted by Gasteiger charge is -2.24. The van der Waals surface area contributed by atoms with E-state index in [9.17, 15) is 4.79 Å². The first-order valence-electron chi connectivity index (χ1n) is 6.34. The number of benzene rings is 1. The van der Waals surface area contributed by atoms with Crippen LogP contribution in [0.3, 0.4) is 0 Å². The van der Waals surface area contributed by atoms with E-state index in [0.717, 1.165) is 11.6 Å². The summed E-state index contributed by atoms with van der Waals surface area (Å²) < 4.78 is 16.5. The van der Waals surface area contributed by atoms with Gasteiger partial charge in [-0.05, 0) is 37.6 Å². The van der Waals surface area contributed by atoms with Crippen molar-refractivity contribution in [3.8, 4) is 5.75 Å². The smallest absolute Gasteiger partial charge is 0.328 e. The lowest BCUT2D eigenvalue weighted by molar-refractivity contribution is -0.149. The Hall–Kier alpha value is -1.85. The molecule has 2 rings (SSSR count). The highest BCUT2D eigenvalue weighted by Gasteiger charge is 2.33. The summed E-state index contributed by atoms with van der Waals surface area (Å²) in [6.07, 6.45) is 1.15. The van der Waals surface area contributed by atoms with Crippen LogP contribution in [0.15, 0.2) is 24.3 Å². The summed E-state index contributed by atoms with van der Waals surface area (Å²) in [7, 11) is 1.55. The topological polar surface area (TPSA) is 65.0 Å². The van der Waals surface area contributed by atoms with Crippen LogP contribution in [-0.4, -0.2) is 31.4 Å². The predicted octanol–water partition coefficient (Wildman–Crippen LogP) is 2.40. The standard InChI is InChI=1S/C15H18O5/c1-10(8-14(16)17)12-9-11(4-5-13(12)18-3)15(2)19-6-7-20-15/h4-5,8-9H,6-7H2,1-3H3,(H,16,17)/b10-8-. The van der Waals surface area contributed by atoms with E-state index in [1.165, 1.54) is 0 Å². The Bertz CT molecular complexity index is 541. The number of allylic oxidation sites excluding steroid dienone is 1. The molecule has 1 aliphatic heterocycles. The molecule has 0 amide bonds. The minimum Gasteiger partial charge on any atom is -0.496 e. The molecule has 5 heteroatoms. The van der Waals surface area contributed by atoms with Gasteiger partial charge >= 0.3 is 5.97 Å². The van der Waals surface area contributed by atoms with E-state index in [-0.39, 0.29) is 0 Å². The molecule has 1 aromatic rings. The van der Waals surface area contributed by atoms with Crippen LogP contribution in [0, 0.1) is 0 Å². The molecule has 1 fully saturated rings. The first kappa shape index (κ1) is 14.6. The molecule has 108 valence electrons. The van der Waals surface area contributed by atoms with Crippen molar-refractivity contribution in [1.82, 2.24) is 0 Å². The SMILES string of the molecule is COc1ccc(C2(C)OCCO2)cc1/C(C)=C\C(=O)O. The van der Waals surface area contributed by atoms with Gasteiger partial charge in [-0.1, -0.05) is 0 Å². The zero-order valence-corrected chi connectivity index (χ0v) is 11.8. The summed E-state index contributed by atoms with van der Waals surface area (Å²) in [4.78, 5) is 10.8. The largest absolute Gasteiger partial charge is 0.496 e. The zero-order valence-electron chi connectivity index (χ0n) is 11.8. The Morgan fingerprint density at radius 3 is 2.60 bits per heavy atom. The molecular weight excluding hydrogens is 260 g/mol. The summed E-state index contributed by atoms with van der Waals surface area (Å²) >= 11 is 0. The van der Waals surface area contributed by atoms with E-state index < -0.39 is 11.8 Å². The molecule has 20 heavy (non-hydrogen) atoms. The molecular formula is C15H18O5. The monoisotopic (exact) mass is 278 g/mol. The second-order valence-electron chi connectivity index (χ2n) is 4.72. The van der Waals surface area contributed by atoms with Gasteiger partial charge in [0.1, 0.15) is 5.75 Å². The Kier molecular flexibility index (Phi) is 4.11. The van der Waals surface area contributed by atoms with Gasteiger partial charge in [0.05, 0.1) is 20.3 Å². The minimum atomic E-state index is -0.991. The quantitative estimate of drug-likeness (QED) is 0.857. The summed E-state index contributed by atoms with van der Waals surface area (Å²) in [6.45, 7) is 4.67. The first-order chi connectivity index (χ1) is 9.46. The Morgan fingerprint density at radius 1 is 1.40 bits per heavy atom. The molecule has 0 aromatic heterocycles. The van der Waals surface area contributed by atoms with Crippen molar-refractivity contribution in [2.45, 2.75) is 19.6 Å². The maximum absolute atomic E-state index is 10.8. The van der Waals surface area contributed by atoms with E-state index in [1.807, 2.05) is 19.1 Å². The molecule has 0 aliphatic carbocycles. The molecule has 1 N–H and O–H groups in total. The number of carboxylic acids is 1. The maximum atomic E-state index is 10.8. The van der Waals surface area contributed by atoms with E-state index in [1.54, 1.807) is 20.1 Å². The highest BCUT2D eigenvalue weighted by Crippen LogP contribution is 2.35. The highest BCUT2D eigenvalue weighted by molar-refractivity contribution is 5.90. The lowest BCUT2D eigenvalue weighted by atomic mass is 9.99. The maximum Gasteiger partial charge on any atom is 0.328 e. The fraction of sp³-hybridized carbons (Fsp3) is 0.400. The predicted molar refractivity (Wildman–Crippen MR) is 73.5 cm³/mol. The molecule has 0 unspecified atom stereocenters. The number of aliphatic carboxylic acids is 1. The van der Waals surface area contributed by atoms with E-state index in [2.05, 4.69) is 0 Å². The summed E-state index contributed by atoms with van der Waals surface area (Å²) in [5, 5.41) is 8.87. The van der Waals surface area contributed by atoms with Crippen molar-refractivity contribution in [2.24, 2.45) is 0 Å². The van der Waals surface area contributed by atoms with Crippen molar-refractivity contribution in [3.63, 3.8) is 0 Å². The second-order valence-corrected chi connectivity index (χ2v) is 4.72. The van der Waals surface area contributed by atoms with Crippen molar-refractivity contribution in [3.05, 3.63) is 35.4 Å². The van der Waals surface area contributed by atoms with Gasteiger partial charge in [-0.2, -0.15) is 0 Å². The van der Waals surface area contributed by atoms with E-state index in [4.69, 9.17) is 19.3 Å². The van der Waals surface area contributed by atoms with Crippen molar-refractivity contribution in [2.75, 3.05) is 20.3 Å². The van der Waals surface area contributed by atoms with Gasteiger partial charge in [0.2, 0.25) is 0 Å². The molecule has 0 radical (unpaired) electrons. The third-order valence-electron chi connectivity index (χ3n) is 3.33. The first-order valence-corrected chi connectivity index (χ1v) is 6.34. The van der Waals surface area contributed by atoms with Crippen molar-refractivity contribution in [1.29, 1.82) is 0 Å². The minimum absolute atomic E-state index is 0.543. The van der Waals surface area contributed by atoms with Crippen LogP contribution < -0.4 is 4.74 Å². The summed E-state index contributed by atoms with van der Waals surface area (Å²) in [5.41, 5.74) is 2.16. The average molecular weight is 278 g/mol. The fourth-order valence-electron chi connectivity index (χ4n) is 2.24. The number of carbonyl (C=O) groups is 1. The lowest BCUT2D eigenvalue weighted by Crippen LogP contribution is -2.22. The number of ether oxygens (including phenoxy) is 3. The number of methoxy groups -OCH3 is 1. The summed E-state index contributed by atoms with van der Waals surface area (Å²) in [5.74, 6) is -1.16. The average Bonchev–Trinajstić information content (AvgIpc) is 2.85. The van der Waals surface area contributed by atoms with Gasteiger partial charge in [0, 0.05) is 17.2 Å². The number of hydrogen-bond donors (Lipinski definition) is 1. The Balaban J connectivity index is 2.46. The van der Waals surface area contributed by atoms with Gasteiger partial charge in [-0.25, -0.2) is 4.79 Å². The van der Waals surface area contributed by atoms with Crippen LogP contribution in [0.25, 0.3) is 5.57 Å². The van der Waals surface area contributed by atoms with Gasteiger partial charge in [-0.3, -0.25) is 0 Å². The van der Waals surface area contributed by atoms with Crippen LogP contribution in [0.2, 0.25) is 0 Å². The number of carboxylic acid groups (broad SMARTS) is 1. The third-order valence-corrected chi connectivity index (χ3v) is 3.33. The molecule has 1 heterocycles. The van der Waals surface area contributed by atoms with Crippen LogP contribution in [0.4, 0.5) is 0 Å². The normalized spacial score (nSPS) is 18.1.